The Morgan fingerprint density at radius 2 is 1.96 bits per heavy atom. The van der Waals surface area contributed by atoms with E-state index in [0.29, 0.717) is 25.8 Å². The normalized spacial score (nSPS) is 18.7. The monoisotopic (exact) mass is 342 g/mol. The van der Waals surface area contributed by atoms with Crippen molar-refractivity contribution >= 4 is 17.9 Å². The van der Waals surface area contributed by atoms with Crippen LogP contribution < -0.4 is 21.3 Å². The average Bonchev–Trinajstić information content (AvgIpc) is 2.97. The van der Waals surface area contributed by atoms with E-state index < -0.39 is 12.1 Å². The lowest BCUT2D eigenvalue weighted by atomic mass is 10.0. The molecule has 0 bridgehead atoms. The van der Waals surface area contributed by atoms with E-state index in [1.165, 1.54) is 0 Å². The first-order chi connectivity index (χ1) is 11.2. The number of unbranched alkanes of at least 4 members (excludes halogenated alkanes) is 1. The van der Waals surface area contributed by atoms with Gasteiger partial charge in [-0.2, -0.15) is 0 Å². The second-order valence-corrected chi connectivity index (χ2v) is 7.18. The molecule has 0 aromatic rings. The molecule has 2 atom stereocenters. The first-order valence-electron chi connectivity index (χ1n) is 8.51. The van der Waals surface area contributed by atoms with Crippen molar-refractivity contribution in [3.63, 3.8) is 0 Å². The van der Waals surface area contributed by atoms with Gasteiger partial charge in [0.2, 0.25) is 11.8 Å². The Labute approximate surface area is 143 Å². The summed E-state index contributed by atoms with van der Waals surface area (Å²) in [4.78, 5) is 35.1. The molecule has 1 aliphatic heterocycles. The lowest BCUT2D eigenvalue weighted by Crippen LogP contribution is -2.54. The number of hydrogen-bond acceptors (Lipinski definition) is 4. The zero-order chi connectivity index (χ0) is 18.2. The van der Waals surface area contributed by atoms with Crippen LogP contribution in [0.1, 0.15) is 52.9 Å². The first kappa shape index (κ1) is 20.2. The van der Waals surface area contributed by atoms with Crippen LogP contribution in [0.15, 0.2) is 0 Å². The molecular weight excluding hydrogens is 312 g/mol. The highest BCUT2D eigenvalue weighted by molar-refractivity contribution is 5.90. The summed E-state index contributed by atoms with van der Waals surface area (Å²) < 4.78 is 0. The summed E-state index contributed by atoms with van der Waals surface area (Å²) in [6, 6.07) is -0.840. The third-order valence-corrected chi connectivity index (χ3v) is 3.70. The molecule has 0 aromatic heterocycles. The first-order valence-corrected chi connectivity index (χ1v) is 8.51. The molecule has 0 aromatic carbocycles. The number of carbonyl (C=O) groups excluding carboxylic acids is 2. The number of amides is 3. The van der Waals surface area contributed by atoms with Gasteiger partial charge in [0.05, 0.1) is 6.04 Å². The minimum absolute atomic E-state index is 0.148. The molecule has 0 spiro atoms. The number of carboxylic acid groups (broad SMARTS) is 1. The van der Waals surface area contributed by atoms with Gasteiger partial charge in [-0.1, -0.05) is 0 Å². The molecule has 3 amide bonds. The summed E-state index contributed by atoms with van der Waals surface area (Å²) in [7, 11) is 0. The second kappa shape index (κ2) is 9.46. The fourth-order valence-corrected chi connectivity index (χ4v) is 2.57. The van der Waals surface area contributed by atoms with Gasteiger partial charge in [0, 0.05) is 12.1 Å². The highest BCUT2D eigenvalue weighted by Gasteiger charge is 2.28. The van der Waals surface area contributed by atoms with Crippen molar-refractivity contribution in [1.82, 2.24) is 21.3 Å². The Morgan fingerprint density at radius 1 is 1.25 bits per heavy atom. The lowest BCUT2D eigenvalue weighted by molar-refractivity contribution is -0.130. The van der Waals surface area contributed by atoms with Gasteiger partial charge in [-0.3, -0.25) is 9.59 Å². The van der Waals surface area contributed by atoms with Crippen molar-refractivity contribution < 1.29 is 19.5 Å². The van der Waals surface area contributed by atoms with Crippen molar-refractivity contribution in [3.05, 3.63) is 0 Å². The molecule has 0 radical (unpaired) electrons. The summed E-state index contributed by atoms with van der Waals surface area (Å²) >= 11 is 0. The predicted octanol–water partition coefficient (Wildman–Crippen LogP) is 0.576. The molecule has 1 rings (SSSR count). The van der Waals surface area contributed by atoms with Crippen LogP contribution >= 0.6 is 0 Å². The third kappa shape index (κ3) is 8.14. The van der Waals surface area contributed by atoms with E-state index in [0.717, 1.165) is 19.4 Å². The van der Waals surface area contributed by atoms with Gasteiger partial charge in [-0.05, 0) is 59.4 Å². The van der Waals surface area contributed by atoms with Crippen LogP contribution in [0, 0.1) is 0 Å². The van der Waals surface area contributed by atoms with Crippen LogP contribution in [-0.4, -0.2) is 53.7 Å². The number of hydrogen-bond donors (Lipinski definition) is 5. The number of nitrogens with one attached hydrogen (secondary N) is 4. The van der Waals surface area contributed by atoms with E-state index in [-0.39, 0.29) is 23.4 Å². The van der Waals surface area contributed by atoms with E-state index in [1.807, 2.05) is 20.8 Å². The van der Waals surface area contributed by atoms with E-state index in [2.05, 4.69) is 21.3 Å². The standard InChI is InChI=1S/C16H30N4O4/c1-16(2,3)20-14(22)12(7-4-5-9-18-15(23)24)19-13(21)11-8-6-10-17-11/h11-12,17-18H,4-10H2,1-3H3,(H,19,21)(H,20,22)(H,23,24). The quantitative estimate of drug-likeness (QED) is 0.413. The molecule has 24 heavy (non-hydrogen) atoms. The average molecular weight is 342 g/mol. The molecule has 5 N–H and O–H groups in total. The fraction of sp³-hybridized carbons (Fsp3) is 0.812. The minimum atomic E-state index is -1.06. The van der Waals surface area contributed by atoms with Crippen molar-refractivity contribution in [1.29, 1.82) is 0 Å². The maximum atomic E-state index is 12.4. The van der Waals surface area contributed by atoms with Gasteiger partial charge in [0.1, 0.15) is 6.04 Å². The van der Waals surface area contributed by atoms with Gasteiger partial charge in [0.25, 0.3) is 0 Å². The molecular formula is C16H30N4O4. The molecule has 1 aliphatic rings. The van der Waals surface area contributed by atoms with Crippen molar-refractivity contribution in [3.8, 4) is 0 Å². The SMILES string of the molecule is CC(C)(C)NC(=O)C(CCCCNC(=O)O)NC(=O)C1CCCN1. The maximum Gasteiger partial charge on any atom is 0.404 e. The molecule has 1 heterocycles. The zero-order valence-corrected chi connectivity index (χ0v) is 14.8. The van der Waals surface area contributed by atoms with E-state index in [9.17, 15) is 14.4 Å². The molecule has 0 saturated carbocycles. The van der Waals surface area contributed by atoms with Crippen molar-refractivity contribution in [2.45, 2.75) is 70.5 Å². The minimum Gasteiger partial charge on any atom is -0.465 e. The summed E-state index contributed by atoms with van der Waals surface area (Å²) in [6.45, 7) is 6.82. The zero-order valence-electron chi connectivity index (χ0n) is 14.8. The van der Waals surface area contributed by atoms with Crippen LogP contribution in [0.2, 0.25) is 0 Å². The molecule has 0 aliphatic carbocycles. The largest absolute Gasteiger partial charge is 0.465 e. The Morgan fingerprint density at radius 3 is 2.50 bits per heavy atom. The summed E-state index contributed by atoms with van der Waals surface area (Å²) in [5, 5.41) is 19.7. The lowest BCUT2D eigenvalue weighted by Gasteiger charge is -2.26. The second-order valence-electron chi connectivity index (χ2n) is 7.18. The topological polar surface area (TPSA) is 120 Å². The molecule has 2 unspecified atom stereocenters. The highest BCUT2D eigenvalue weighted by atomic mass is 16.4. The van der Waals surface area contributed by atoms with Gasteiger partial charge in [0.15, 0.2) is 0 Å². The van der Waals surface area contributed by atoms with Crippen LogP contribution in [0.4, 0.5) is 4.79 Å². The molecule has 1 saturated heterocycles. The predicted molar refractivity (Wildman–Crippen MR) is 90.7 cm³/mol. The smallest absolute Gasteiger partial charge is 0.404 e. The summed E-state index contributed by atoms with van der Waals surface area (Å²) in [6.07, 6.45) is 2.41. The summed E-state index contributed by atoms with van der Waals surface area (Å²) in [5.41, 5.74) is -0.378. The highest BCUT2D eigenvalue weighted by Crippen LogP contribution is 2.09. The Hall–Kier alpha value is -1.83. The Bertz CT molecular complexity index is 442. The van der Waals surface area contributed by atoms with E-state index in [4.69, 9.17) is 5.11 Å². The molecule has 138 valence electrons. The Kier molecular flexibility index (Phi) is 7.97. The van der Waals surface area contributed by atoms with E-state index in [1.54, 1.807) is 0 Å². The van der Waals surface area contributed by atoms with Crippen LogP contribution in [0.3, 0.4) is 0 Å². The molecule has 8 heteroatoms. The van der Waals surface area contributed by atoms with Crippen LogP contribution in [0.5, 0.6) is 0 Å². The molecule has 1 fully saturated rings. The number of carbonyl (C=O) groups is 3. The fourth-order valence-electron chi connectivity index (χ4n) is 2.57. The maximum absolute atomic E-state index is 12.4. The molecule has 8 nitrogen and oxygen atoms in total. The van der Waals surface area contributed by atoms with Crippen LogP contribution in [0.25, 0.3) is 0 Å². The third-order valence-electron chi connectivity index (χ3n) is 3.70. The Balaban J connectivity index is 2.52. The van der Waals surface area contributed by atoms with Crippen LogP contribution in [-0.2, 0) is 9.59 Å². The van der Waals surface area contributed by atoms with Crippen molar-refractivity contribution in [2.75, 3.05) is 13.1 Å². The van der Waals surface area contributed by atoms with Gasteiger partial charge in [-0.15, -0.1) is 0 Å². The number of rotatable bonds is 8. The van der Waals surface area contributed by atoms with E-state index >= 15 is 0 Å². The van der Waals surface area contributed by atoms with Gasteiger partial charge >= 0.3 is 6.09 Å². The summed E-state index contributed by atoms with van der Waals surface area (Å²) in [5.74, 6) is -0.356. The van der Waals surface area contributed by atoms with Crippen molar-refractivity contribution in [2.24, 2.45) is 0 Å². The van der Waals surface area contributed by atoms with Gasteiger partial charge in [-0.25, -0.2) is 4.79 Å². The van der Waals surface area contributed by atoms with Gasteiger partial charge < -0.3 is 26.4 Å².